The van der Waals surface area contributed by atoms with E-state index in [1.54, 1.807) is 29.4 Å². The lowest BCUT2D eigenvalue weighted by molar-refractivity contribution is 0.0729. The van der Waals surface area contributed by atoms with Crippen LogP contribution in [0.4, 0.5) is 0 Å². The summed E-state index contributed by atoms with van der Waals surface area (Å²) in [4.78, 5) is 19.5. The van der Waals surface area contributed by atoms with Gasteiger partial charge in [0.2, 0.25) is 0 Å². The Hall–Kier alpha value is -4.13. The van der Waals surface area contributed by atoms with Crippen LogP contribution in [0.25, 0.3) is 11.3 Å². The van der Waals surface area contributed by atoms with Crippen molar-refractivity contribution in [2.75, 3.05) is 6.61 Å². The first-order valence-electron chi connectivity index (χ1n) is 10.9. The molecule has 0 radical (unpaired) electrons. The van der Waals surface area contributed by atoms with Gasteiger partial charge < -0.3 is 14.7 Å². The first-order valence-corrected chi connectivity index (χ1v) is 10.9. The molecule has 7 nitrogen and oxygen atoms in total. The Morgan fingerprint density at radius 2 is 1.97 bits per heavy atom. The standard InChI is InChI=1S/C26H24N4O3/c1-3-33-21-13-19(10-11-20(21)31)25-22-23(18-8-6-16(2)7-9-18)28-29-24(22)26(32)30(25)15-17-5-4-12-27-14-17/h4-14,25,31H,3,15H2,1-2H3,(H,28,29). The molecule has 3 heterocycles. The average Bonchev–Trinajstić information content (AvgIpc) is 3.36. The number of phenols is 1. The van der Waals surface area contributed by atoms with E-state index in [4.69, 9.17) is 4.74 Å². The Morgan fingerprint density at radius 1 is 1.15 bits per heavy atom. The minimum Gasteiger partial charge on any atom is -0.504 e. The van der Waals surface area contributed by atoms with E-state index in [1.165, 1.54) is 0 Å². The van der Waals surface area contributed by atoms with Crippen LogP contribution in [0.1, 0.15) is 45.7 Å². The maximum Gasteiger partial charge on any atom is 0.273 e. The van der Waals surface area contributed by atoms with Gasteiger partial charge in [0.15, 0.2) is 11.5 Å². The number of hydrogen-bond donors (Lipinski definition) is 2. The number of fused-ring (bicyclic) bond motifs is 1. The van der Waals surface area contributed by atoms with Gasteiger partial charge in [-0.1, -0.05) is 42.0 Å². The molecule has 0 saturated heterocycles. The van der Waals surface area contributed by atoms with E-state index in [0.29, 0.717) is 24.6 Å². The number of aryl methyl sites for hydroxylation is 1. The predicted octanol–water partition coefficient (Wildman–Crippen LogP) is 4.63. The summed E-state index contributed by atoms with van der Waals surface area (Å²) >= 11 is 0. The Kier molecular flexibility index (Phi) is 5.30. The van der Waals surface area contributed by atoms with Crippen LogP contribution in [0.15, 0.2) is 67.0 Å². The summed E-state index contributed by atoms with van der Waals surface area (Å²) in [5.41, 5.74) is 5.88. The zero-order valence-electron chi connectivity index (χ0n) is 18.4. The molecule has 2 N–H and O–H groups in total. The second-order valence-electron chi connectivity index (χ2n) is 8.08. The van der Waals surface area contributed by atoms with Crippen LogP contribution in [0.5, 0.6) is 11.5 Å². The molecular formula is C26H24N4O3. The van der Waals surface area contributed by atoms with Crippen LogP contribution in [-0.4, -0.2) is 37.7 Å². The quantitative estimate of drug-likeness (QED) is 0.456. The average molecular weight is 441 g/mol. The number of ether oxygens (including phenoxy) is 1. The first kappa shape index (κ1) is 20.8. The molecule has 1 unspecified atom stereocenters. The second-order valence-corrected chi connectivity index (χ2v) is 8.08. The van der Waals surface area contributed by atoms with Gasteiger partial charge in [0.25, 0.3) is 5.91 Å². The van der Waals surface area contributed by atoms with Crippen LogP contribution in [0, 0.1) is 6.92 Å². The van der Waals surface area contributed by atoms with Crippen molar-refractivity contribution in [2.45, 2.75) is 26.4 Å². The molecule has 7 heteroatoms. The molecular weight excluding hydrogens is 416 g/mol. The number of amides is 1. The number of hydrogen-bond acceptors (Lipinski definition) is 5. The predicted molar refractivity (Wildman–Crippen MR) is 124 cm³/mol. The Balaban J connectivity index is 1.66. The minimum absolute atomic E-state index is 0.0647. The lowest BCUT2D eigenvalue weighted by atomic mass is 9.95. The zero-order valence-corrected chi connectivity index (χ0v) is 18.4. The van der Waals surface area contributed by atoms with E-state index in [0.717, 1.165) is 33.5 Å². The number of phenolic OH excluding ortho intramolecular Hbond substituents is 1. The molecule has 33 heavy (non-hydrogen) atoms. The number of aromatic nitrogens is 3. The summed E-state index contributed by atoms with van der Waals surface area (Å²) in [6.45, 7) is 4.71. The number of aromatic hydroxyl groups is 1. The van der Waals surface area contributed by atoms with Gasteiger partial charge in [0.05, 0.1) is 18.3 Å². The van der Waals surface area contributed by atoms with Crippen molar-refractivity contribution in [3.8, 4) is 22.8 Å². The largest absolute Gasteiger partial charge is 0.504 e. The third-order valence-electron chi connectivity index (χ3n) is 5.86. The number of rotatable bonds is 6. The summed E-state index contributed by atoms with van der Waals surface area (Å²) in [5, 5.41) is 17.7. The molecule has 1 amide bonds. The van der Waals surface area contributed by atoms with Crippen LogP contribution < -0.4 is 4.74 Å². The van der Waals surface area contributed by atoms with Gasteiger partial charge in [-0.15, -0.1) is 0 Å². The van der Waals surface area contributed by atoms with Crippen molar-refractivity contribution in [1.82, 2.24) is 20.1 Å². The number of nitrogens with zero attached hydrogens (tertiary/aromatic N) is 3. The fourth-order valence-corrected chi connectivity index (χ4v) is 4.30. The number of carbonyl (C=O) groups excluding carboxylic acids is 1. The van der Waals surface area contributed by atoms with E-state index in [9.17, 15) is 9.90 Å². The van der Waals surface area contributed by atoms with Gasteiger partial charge in [-0.2, -0.15) is 5.10 Å². The summed E-state index contributed by atoms with van der Waals surface area (Å²) in [5.74, 6) is 0.322. The van der Waals surface area contributed by atoms with Gasteiger partial charge in [-0.3, -0.25) is 14.9 Å². The molecule has 1 aliphatic heterocycles. The Morgan fingerprint density at radius 3 is 2.70 bits per heavy atom. The lowest BCUT2D eigenvalue weighted by Crippen LogP contribution is -2.29. The minimum atomic E-state index is -0.400. The highest BCUT2D eigenvalue weighted by Gasteiger charge is 2.42. The highest BCUT2D eigenvalue weighted by atomic mass is 16.5. The highest BCUT2D eigenvalue weighted by Crippen LogP contribution is 2.45. The van der Waals surface area contributed by atoms with Gasteiger partial charge in [0, 0.05) is 30.1 Å². The fourth-order valence-electron chi connectivity index (χ4n) is 4.30. The molecule has 5 rings (SSSR count). The third-order valence-corrected chi connectivity index (χ3v) is 5.86. The van der Waals surface area contributed by atoms with Crippen molar-refractivity contribution >= 4 is 5.91 Å². The van der Waals surface area contributed by atoms with E-state index in [1.807, 2.05) is 56.3 Å². The monoisotopic (exact) mass is 440 g/mol. The maximum atomic E-state index is 13.5. The summed E-state index contributed by atoms with van der Waals surface area (Å²) in [7, 11) is 0. The number of nitrogens with one attached hydrogen (secondary N) is 1. The molecule has 0 spiro atoms. The Bertz CT molecular complexity index is 1300. The lowest BCUT2D eigenvalue weighted by Gasteiger charge is -2.27. The molecule has 4 aromatic rings. The molecule has 1 atom stereocenters. The molecule has 0 saturated carbocycles. The number of carbonyl (C=O) groups is 1. The molecule has 1 aliphatic rings. The van der Waals surface area contributed by atoms with Gasteiger partial charge in [0.1, 0.15) is 5.69 Å². The normalized spacial score (nSPS) is 15.0. The van der Waals surface area contributed by atoms with Crippen molar-refractivity contribution in [1.29, 1.82) is 0 Å². The second kappa shape index (κ2) is 8.43. The summed E-state index contributed by atoms with van der Waals surface area (Å²) in [6, 6.07) is 16.7. The zero-order chi connectivity index (χ0) is 22.9. The van der Waals surface area contributed by atoms with Crippen molar-refractivity contribution < 1.29 is 14.6 Å². The molecule has 0 aliphatic carbocycles. The number of pyridine rings is 1. The smallest absolute Gasteiger partial charge is 0.273 e. The van der Waals surface area contributed by atoms with Crippen LogP contribution >= 0.6 is 0 Å². The first-order chi connectivity index (χ1) is 16.1. The number of H-pyrrole nitrogens is 1. The van der Waals surface area contributed by atoms with Crippen molar-refractivity contribution in [3.05, 3.63) is 94.9 Å². The summed E-state index contributed by atoms with van der Waals surface area (Å²) < 4.78 is 5.63. The molecule has 0 fully saturated rings. The highest BCUT2D eigenvalue weighted by molar-refractivity contribution is 6.00. The topological polar surface area (TPSA) is 91.3 Å². The van der Waals surface area contributed by atoms with Crippen LogP contribution in [-0.2, 0) is 6.54 Å². The van der Waals surface area contributed by atoms with Crippen molar-refractivity contribution in [2.24, 2.45) is 0 Å². The SMILES string of the molecule is CCOc1cc(C2c3c(-c4ccc(C)cc4)n[nH]c3C(=O)N2Cc2cccnc2)ccc1O. The van der Waals surface area contributed by atoms with Gasteiger partial charge >= 0.3 is 0 Å². The number of benzene rings is 2. The number of aromatic amines is 1. The molecule has 0 bridgehead atoms. The third kappa shape index (κ3) is 3.71. The fraction of sp³-hybridized carbons (Fsp3) is 0.192. The van der Waals surface area contributed by atoms with E-state index in [-0.39, 0.29) is 11.7 Å². The van der Waals surface area contributed by atoms with Crippen molar-refractivity contribution in [3.63, 3.8) is 0 Å². The van der Waals surface area contributed by atoms with E-state index < -0.39 is 6.04 Å². The molecule has 2 aromatic heterocycles. The van der Waals surface area contributed by atoms with E-state index in [2.05, 4.69) is 15.2 Å². The Labute approximate surface area is 191 Å². The van der Waals surface area contributed by atoms with Crippen LogP contribution in [0.2, 0.25) is 0 Å². The maximum absolute atomic E-state index is 13.5. The molecule has 166 valence electrons. The van der Waals surface area contributed by atoms with Gasteiger partial charge in [-0.25, -0.2) is 0 Å². The molecule has 2 aromatic carbocycles. The van der Waals surface area contributed by atoms with E-state index >= 15 is 0 Å². The van der Waals surface area contributed by atoms with Gasteiger partial charge in [-0.05, 0) is 43.2 Å². The summed E-state index contributed by atoms with van der Waals surface area (Å²) in [6.07, 6.45) is 3.47. The van der Waals surface area contributed by atoms with Crippen LogP contribution in [0.3, 0.4) is 0 Å².